The highest BCUT2D eigenvalue weighted by molar-refractivity contribution is 5.71. The number of rotatable bonds is 47. The highest BCUT2D eigenvalue weighted by Gasteiger charge is 2.19. The van der Waals surface area contributed by atoms with Gasteiger partial charge in [0.15, 0.2) is 6.10 Å². The van der Waals surface area contributed by atoms with Crippen molar-refractivity contribution in [2.75, 3.05) is 13.2 Å². The average Bonchev–Trinajstić information content (AvgIpc) is 3.24. The second kappa shape index (κ2) is 49.3. The number of hydrogen-bond donors (Lipinski definition) is 0. The van der Waals surface area contributed by atoms with Crippen LogP contribution in [0.5, 0.6) is 0 Å². The molecule has 0 fully saturated rings. The Morgan fingerprint density at radius 2 is 0.650 bits per heavy atom. The third-order valence-electron chi connectivity index (χ3n) is 11.4. The topological polar surface area (TPSA) is 78.9 Å². The Labute approximate surface area is 372 Å². The fraction of sp³-hybridized carbons (Fsp3) is 0.833. The second-order valence-corrected chi connectivity index (χ2v) is 17.4. The van der Waals surface area contributed by atoms with E-state index in [1.54, 1.807) is 0 Å². The summed E-state index contributed by atoms with van der Waals surface area (Å²) in [5.41, 5.74) is 0. The molecule has 0 saturated carbocycles. The lowest BCUT2D eigenvalue weighted by Gasteiger charge is -2.18. The molecular formula is C54H98O6. The molecule has 350 valence electrons. The van der Waals surface area contributed by atoms with Crippen LogP contribution in [0.25, 0.3) is 0 Å². The van der Waals surface area contributed by atoms with E-state index in [0.717, 1.165) is 64.2 Å². The van der Waals surface area contributed by atoms with Crippen LogP contribution in [0, 0.1) is 0 Å². The third kappa shape index (κ3) is 46.7. The number of carbonyl (C=O) groups is 3. The lowest BCUT2D eigenvalue weighted by atomic mass is 10.0. The maximum absolute atomic E-state index is 12.8. The zero-order valence-electron chi connectivity index (χ0n) is 40.0. The number of ether oxygens (including phenoxy) is 3. The fourth-order valence-corrected chi connectivity index (χ4v) is 7.53. The van der Waals surface area contributed by atoms with Gasteiger partial charge in [0, 0.05) is 19.3 Å². The van der Waals surface area contributed by atoms with Gasteiger partial charge in [-0.3, -0.25) is 14.4 Å². The highest BCUT2D eigenvalue weighted by Crippen LogP contribution is 2.16. The smallest absolute Gasteiger partial charge is 0.306 e. The normalized spacial score (nSPS) is 12.2. The van der Waals surface area contributed by atoms with Crippen molar-refractivity contribution in [3.05, 3.63) is 36.5 Å². The molecule has 0 rings (SSSR count). The molecule has 0 bridgehead atoms. The maximum atomic E-state index is 12.8. The van der Waals surface area contributed by atoms with Gasteiger partial charge in [0.25, 0.3) is 0 Å². The van der Waals surface area contributed by atoms with Crippen LogP contribution < -0.4 is 0 Å². The van der Waals surface area contributed by atoms with Crippen molar-refractivity contribution in [1.82, 2.24) is 0 Å². The van der Waals surface area contributed by atoms with Gasteiger partial charge < -0.3 is 14.2 Å². The quantitative estimate of drug-likeness (QED) is 0.0263. The molecule has 60 heavy (non-hydrogen) atoms. The number of unbranched alkanes of at least 4 members (excludes halogenated alkanes) is 30. The van der Waals surface area contributed by atoms with E-state index in [4.69, 9.17) is 14.2 Å². The van der Waals surface area contributed by atoms with Gasteiger partial charge in [-0.15, -0.1) is 0 Å². The molecule has 1 unspecified atom stereocenters. The minimum Gasteiger partial charge on any atom is -0.462 e. The first-order chi connectivity index (χ1) is 29.5. The molecule has 0 aliphatic rings. The summed E-state index contributed by atoms with van der Waals surface area (Å²) in [6.45, 7) is 6.50. The van der Waals surface area contributed by atoms with Crippen molar-refractivity contribution in [2.45, 2.75) is 277 Å². The number of esters is 3. The largest absolute Gasteiger partial charge is 0.462 e. The molecule has 6 heteroatoms. The monoisotopic (exact) mass is 843 g/mol. The summed E-state index contributed by atoms with van der Waals surface area (Å²) >= 11 is 0. The molecule has 1 atom stereocenters. The Hall–Kier alpha value is -2.37. The van der Waals surface area contributed by atoms with Crippen LogP contribution in [0.4, 0.5) is 0 Å². The number of allylic oxidation sites excluding steroid dienone is 6. The predicted molar refractivity (Wildman–Crippen MR) is 256 cm³/mol. The van der Waals surface area contributed by atoms with Crippen LogP contribution in [-0.4, -0.2) is 37.2 Å². The Kier molecular flexibility index (Phi) is 47.3. The van der Waals surface area contributed by atoms with E-state index in [1.807, 2.05) is 0 Å². The zero-order valence-corrected chi connectivity index (χ0v) is 40.0. The Bertz CT molecular complexity index is 1020. The average molecular weight is 843 g/mol. The van der Waals surface area contributed by atoms with E-state index in [-0.39, 0.29) is 31.1 Å². The summed E-state index contributed by atoms with van der Waals surface area (Å²) in [5, 5.41) is 0. The van der Waals surface area contributed by atoms with E-state index >= 15 is 0 Å². The Morgan fingerprint density at radius 1 is 0.350 bits per heavy atom. The highest BCUT2D eigenvalue weighted by atomic mass is 16.6. The van der Waals surface area contributed by atoms with Gasteiger partial charge in [0.2, 0.25) is 0 Å². The Morgan fingerprint density at radius 3 is 1.02 bits per heavy atom. The van der Waals surface area contributed by atoms with Gasteiger partial charge in [-0.1, -0.05) is 243 Å². The van der Waals surface area contributed by atoms with E-state index in [0.29, 0.717) is 25.7 Å². The van der Waals surface area contributed by atoms with Crippen LogP contribution in [0.3, 0.4) is 0 Å². The van der Waals surface area contributed by atoms with Crippen LogP contribution in [-0.2, 0) is 28.6 Å². The predicted octanol–water partition coefficient (Wildman–Crippen LogP) is 16.9. The standard InChI is InChI=1S/C54H98O6/c1-4-7-10-13-16-19-22-24-26-27-28-30-32-35-38-41-44-47-53(56)59-50-51(49-58-52(55)46-43-40-37-34-31-21-18-15-12-9-6-3)60-54(57)48-45-42-39-36-33-29-25-23-20-17-14-11-8-5-2/h9,12,18,21,34,37,51H,4-8,10-11,13-17,19-20,22-33,35-36,38-50H2,1-3H3/b12-9-,21-18-,37-34-. The summed E-state index contributed by atoms with van der Waals surface area (Å²) in [5.74, 6) is -0.928. The van der Waals surface area contributed by atoms with Crippen molar-refractivity contribution >= 4 is 17.9 Å². The molecule has 0 spiro atoms. The van der Waals surface area contributed by atoms with Crippen molar-refractivity contribution < 1.29 is 28.6 Å². The Balaban J connectivity index is 4.34. The molecule has 0 heterocycles. The molecule has 0 aromatic carbocycles. The van der Waals surface area contributed by atoms with Gasteiger partial charge in [0.1, 0.15) is 13.2 Å². The van der Waals surface area contributed by atoms with Gasteiger partial charge in [-0.05, 0) is 44.9 Å². The SMILES string of the molecule is CC/C=C\C/C=C\C/C=C\CCCC(=O)OCC(COC(=O)CCCCCCCCCCCCCCCCCCC)OC(=O)CCCCCCCCCCCCCCCC. The van der Waals surface area contributed by atoms with Crippen LogP contribution in [0.2, 0.25) is 0 Å². The maximum Gasteiger partial charge on any atom is 0.306 e. The molecular weight excluding hydrogens is 745 g/mol. The van der Waals surface area contributed by atoms with Gasteiger partial charge in [-0.2, -0.15) is 0 Å². The minimum atomic E-state index is -0.786. The van der Waals surface area contributed by atoms with Gasteiger partial charge in [0.05, 0.1) is 0 Å². The summed E-state index contributed by atoms with van der Waals surface area (Å²) in [4.78, 5) is 37.9. The number of carbonyl (C=O) groups excluding carboxylic acids is 3. The van der Waals surface area contributed by atoms with E-state index in [9.17, 15) is 14.4 Å². The van der Waals surface area contributed by atoms with E-state index in [1.165, 1.54) is 161 Å². The first-order valence-corrected chi connectivity index (χ1v) is 26.0. The molecule has 0 N–H and O–H groups in total. The molecule has 0 amide bonds. The minimum absolute atomic E-state index is 0.0833. The molecule has 0 radical (unpaired) electrons. The first kappa shape index (κ1) is 57.6. The lowest BCUT2D eigenvalue weighted by Crippen LogP contribution is -2.30. The molecule has 0 saturated heterocycles. The zero-order chi connectivity index (χ0) is 43.7. The van der Waals surface area contributed by atoms with Crippen LogP contribution in [0.1, 0.15) is 271 Å². The second-order valence-electron chi connectivity index (χ2n) is 17.4. The van der Waals surface area contributed by atoms with Gasteiger partial charge in [-0.25, -0.2) is 0 Å². The number of hydrogen-bond acceptors (Lipinski definition) is 6. The van der Waals surface area contributed by atoms with Crippen molar-refractivity contribution in [2.24, 2.45) is 0 Å². The van der Waals surface area contributed by atoms with Crippen LogP contribution >= 0.6 is 0 Å². The van der Waals surface area contributed by atoms with Crippen molar-refractivity contribution in [1.29, 1.82) is 0 Å². The molecule has 0 aromatic heterocycles. The summed E-state index contributed by atoms with van der Waals surface area (Å²) in [7, 11) is 0. The van der Waals surface area contributed by atoms with Crippen molar-refractivity contribution in [3.63, 3.8) is 0 Å². The first-order valence-electron chi connectivity index (χ1n) is 26.0. The van der Waals surface area contributed by atoms with Crippen LogP contribution in [0.15, 0.2) is 36.5 Å². The molecule has 0 aliphatic carbocycles. The van der Waals surface area contributed by atoms with E-state index < -0.39 is 6.10 Å². The third-order valence-corrected chi connectivity index (χ3v) is 11.4. The lowest BCUT2D eigenvalue weighted by molar-refractivity contribution is -0.167. The summed E-state index contributed by atoms with van der Waals surface area (Å²) < 4.78 is 16.7. The van der Waals surface area contributed by atoms with Gasteiger partial charge >= 0.3 is 17.9 Å². The molecule has 0 aromatic rings. The summed E-state index contributed by atoms with van der Waals surface area (Å²) in [6, 6.07) is 0. The molecule has 6 nitrogen and oxygen atoms in total. The fourth-order valence-electron chi connectivity index (χ4n) is 7.53. The van der Waals surface area contributed by atoms with Crippen molar-refractivity contribution in [3.8, 4) is 0 Å². The van der Waals surface area contributed by atoms with E-state index in [2.05, 4.69) is 57.2 Å². The summed E-state index contributed by atoms with van der Waals surface area (Å²) in [6.07, 6.45) is 57.1. The molecule has 0 aliphatic heterocycles.